The van der Waals surface area contributed by atoms with E-state index in [0.29, 0.717) is 28.9 Å². The van der Waals surface area contributed by atoms with Gasteiger partial charge in [-0.1, -0.05) is 62.4 Å². The highest BCUT2D eigenvalue weighted by Gasteiger charge is 2.31. The molecule has 0 radical (unpaired) electrons. The number of hydrogen-bond donors (Lipinski definition) is 5. The topological polar surface area (TPSA) is 115 Å². The van der Waals surface area contributed by atoms with Gasteiger partial charge in [0.25, 0.3) is 5.91 Å². The molecule has 2 atom stereocenters. The summed E-state index contributed by atoms with van der Waals surface area (Å²) in [6, 6.07) is 24.9. The maximum atomic E-state index is 14.1. The average molecular weight is 561 g/mol. The van der Waals surface area contributed by atoms with Crippen molar-refractivity contribution >= 4 is 11.6 Å². The van der Waals surface area contributed by atoms with Crippen LogP contribution in [0.15, 0.2) is 84.9 Å². The summed E-state index contributed by atoms with van der Waals surface area (Å²) in [5.74, 6) is -0.765. The second kappa shape index (κ2) is 13.7. The molecular weight excluding hydrogens is 523 g/mol. The first-order chi connectivity index (χ1) is 19.7. The molecule has 0 spiro atoms. The van der Waals surface area contributed by atoms with Crippen molar-refractivity contribution in [3.05, 3.63) is 102 Å². The van der Waals surface area contributed by atoms with Gasteiger partial charge in [0.15, 0.2) is 6.29 Å². The number of carbonyl (C=O) groups excluding carboxylic acids is 1. The third-order valence-electron chi connectivity index (χ3n) is 7.00. The molecule has 4 aromatic rings. The smallest absolute Gasteiger partial charge is 0.258 e. The first kappa shape index (κ1) is 30.1. The predicted octanol–water partition coefficient (Wildman–Crippen LogP) is 5.54. The first-order valence-corrected chi connectivity index (χ1v) is 13.8. The standard InChI is InChI=1S/C33H37FN2O5/c1-21(2)31-30(33(41)35-25-11-7-4-8-12-25)29(22-9-5-3-6-10-22)32(23-13-15-24(34)16-14-23)36(31)18-17-26(37)19-27(38)20-28(39)40/h3-16,21,26-28,37-40H,17-20H2,1-2H3,(H,35,41)/t26-,27+/m1/s1. The van der Waals surface area contributed by atoms with Crippen LogP contribution in [0.4, 0.5) is 10.1 Å². The minimum absolute atomic E-state index is 0.0331. The van der Waals surface area contributed by atoms with E-state index in [1.165, 1.54) is 12.1 Å². The number of halogens is 1. The number of amides is 1. The minimum Gasteiger partial charge on any atom is -0.393 e. The summed E-state index contributed by atoms with van der Waals surface area (Å²) in [5, 5.41) is 42.2. The third kappa shape index (κ3) is 7.48. The van der Waals surface area contributed by atoms with Gasteiger partial charge in [0.1, 0.15) is 5.82 Å². The number of benzene rings is 3. The zero-order valence-electron chi connectivity index (χ0n) is 23.2. The van der Waals surface area contributed by atoms with Crippen molar-refractivity contribution in [3.8, 4) is 22.4 Å². The van der Waals surface area contributed by atoms with Crippen LogP contribution in [0.1, 0.15) is 55.1 Å². The van der Waals surface area contributed by atoms with E-state index in [4.69, 9.17) is 10.2 Å². The molecule has 0 aliphatic carbocycles. The van der Waals surface area contributed by atoms with Crippen LogP contribution in [0.2, 0.25) is 0 Å². The Balaban J connectivity index is 1.89. The number of para-hydroxylation sites is 1. The van der Waals surface area contributed by atoms with Gasteiger partial charge in [-0.15, -0.1) is 0 Å². The van der Waals surface area contributed by atoms with Gasteiger partial charge >= 0.3 is 0 Å². The van der Waals surface area contributed by atoms with Gasteiger partial charge in [-0.3, -0.25) is 4.79 Å². The van der Waals surface area contributed by atoms with Gasteiger partial charge in [-0.25, -0.2) is 4.39 Å². The Kier molecular flexibility index (Phi) is 10.1. The fraction of sp³-hybridized carbons (Fsp3) is 0.303. The van der Waals surface area contributed by atoms with Crippen LogP contribution in [0.5, 0.6) is 0 Å². The van der Waals surface area contributed by atoms with Gasteiger partial charge in [0, 0.05) is 29.9 Å². The number of aliphatic hydroxyl groups is 4. The molecule has 0 bridgehead atoms. The van der Waals surface area contributed by atoms with Crippen LogP contribution in [0.25, 0.3) is 22.4 Å². The number of rotatable bonds is 12. The van der Waals surface area contributed by atoms with Crippen LogP contribution in [-0.4, -0.2) is 49.4 Å². The summed E-state index contributed by atoms with van der Waals surface area (Å²) < 4.78 is 16.0. The minimum atomic E-state index is -1.67. The first-order valence-electron chi connectivity index (χ1n) is 13.8. The maximum absolute atomic E-state index is 14.1. The summed E-state index contributed by atoms with van der Waals surface area (Å²) in [7, 11) is 0. The molecule has 1 aromatic heterocycles. The van der Waals surface area contributed by atoms with Crippen LogP contribution >= 0.6 is 0 Å². The summed E-state index contributed by atoms with van der Waals surface area (Å²) in [4.78, 5) is 14.1. The Labute approximate surface area is 239 Å². The van der Waals surface area contributed by atoms with E-state index in [0.717, 1.165) is 17.0 Å². The molecule has 4 rings (SSSR count). The number of carbonyl (C=O) groups is 1. The zero-order chi connectivity index (χ0) is 29.5. The molecule has 0 unspecified atom stereocenters. The molecule has 0 saturated carbocycles. The Morgan fingerprint density at radius 2 is 1.41 bits per heavy atom. The molecule has 41 heavy (non-hydrogen) atoms. The highest BCUT2D eigenvalue weighted by Crippen LogP contribution is 2.42. The molecule has 216 valence electrons. The van der Waals surface area contributed by atoms with Gasteiger partial charge in [0.2, 0.25) is 0 Å². The molecule has 0 fully saturated rings. The SMILES string of the molecule is CC(C)c1c(C(=O)Nc2ccccc2)c(-c2ccccc2)c(-c2ccc(F)cc2)n1CC[C@@H](O)C[C@H](O)CC(O)O. The van der Waals surface area contributed by atoms with Crippen molar-refractivity contribution in [1.82, 2.24) is 4.57 Å². The highest BCUT2D eigenvalue weighted by molar-refractivity contribution is 6.12. The Morgan fingerprint density at radius 1 is 0.805 bits per heavy atom. The van der Waals surface area contributed by atoms with Crippen molar-refractivity contribution in [3.63, 3.8) is 0 Å². The molecular formula is C33H37FN2O5. The van der Waals surface area contributed by atoms with E-state index in [1.807, 2.05) is 79.1 Å². The Morgan fingerprint density at radius 3 is 2.00 bits per heavy atom. The number of anilines is 1. The lowest BCUT2D eigenvalue weighted by atomic mass is 9.94. The largest absolute Gasteiger partial charge is 0.393 e. The molecule has 5 N–H and O–H groups in total. The lowest BCUT2D eigenvalue weighted by molar-refractivity contribution is -0.0758. The number of nitrogens with one attached hydrogen (secondary N) is 1. The summed E-state index contributed by atoms with van der Waals surface area (Å²) in [6.45, 7) is 4.29. The van der Waals surface area contributed by atoms with Crippen LogP contribution < -0.4 is 5.32 Å². The normalized spacial score (nSPS) is 13.0. The second-order valence-corrected chi connectivity index (χ2v) is 10.5. The fourth-order valence-corrected chi connectivity index (χ4v) is 5.26. The van der Waals surface area contributed by atoms with E-state index in [9.17, 15) is 19.4 Å². The molecule has 8 heteroatoms. The van der Waals surface area contributed by atoms with Crippen LogP contribution in [0, 0.1) is 5.82 Å². The highest BCUT2D eigenvalue weighted by atomic mass is 19.1. The van der Waals surface area contributed by atoms with Crippen LogP contribution in [0.3, 0.4) is 0 Å². The van der Waals surface area contributed by atoms with Crippen LogP contribution in [-0.2, 0) is 6.54 Å². The number of aromatic nitrogens is 1. The zero-order valence-corrected chi connectivity index (χ0v) is 23.2. The number of aliphatic hydroxyl groups excluding tert-OH is 3. The average Bonchev–Trinajstić information content (AvgIpc) is 3.28. The summed E-state index contributed by atoms with van der Waals surface area (Å²) in [6.07, 6.45) is -3.75. The Bertz CT molecular complexity index is 1420. The fourth-order valence-electron chi connectivity index (χ4n) is 5.26. The van der Waals surface area contributed by atoms with Crippen molar-refractivity contribution < 1.29 is 29.6 Å². The van der Waals surface area contributed by atoms with Gasteiger partial charge in [-0.2, -0.15) is 0 Å². The molecule has 0 aliphatic rings. The van der Waals surface area contributed by atoms with Crippen molar-refractivity contribution in [2.75, 3.05) is 5.32 Å². The molecule has 0 saturated heterocycles. The summed E-state index contributed by atoms with van der Waals surface area (Å²) >= 11 is 0. The van der Waals surface area contributed by atoms with E-state index >= 15 is 0 Å². The van der Waals surface area contributed by atoms with E-state index < -0.39 is 18.5 Å². The van der Waals surface area contributed by atoms with Gasteiger partial charge in [0.05, 0.1) is 23.5 Å². The molecule has 3 aromatic carbocycles. The molecule has 1 amide bonds. The molecule has 0 aliphatic heterocycles. The van der Waals surface area contributed by atoms with Gasteiger partial charge < -0.3 is 30.3 Å². The van der Waals surface area contributed by atoms with Crippen molar-refractivity contribution in [2.45, 2.75) is 64.1 Å². The second-order valence-electron chi connectivity index (χ2n) is 10.5. The number of nitrogens with zero attached hydrogens (tertiary/aromatic N) is 1. The maximum Gasteiger partial charge on any atom is 0.258 e. The van der Waals surface area contributed by atoms with E-state index in [2.05, 4.69) is 5.32 Å². The van der Waals surface area contributed by atoms with E-state index in [-0.39, 0.29) is 36.9 Å². The van der Waals surface area contributed by atoms with Crippen molar-refractivity contribution in [2.24, 2.45) is 0 Å². The predicted molar refractivity (Wildman–Crippen MR) is 158 cm³/mol. The molecule has 7 nitrogen and oxygen atoms in total. The summed E-state index contributed by atoms with van der Waals surface area (Å²) in [5.41, 5.74) is 4.85. The lowest BCUT2D eigenvalue weighted by Crippen LogP contribution is -2.24. The van der Waals surface area contributed by atoms with Gasteiger partial charge in [-0.05, 0) is 66.3 Å². The monoisotopic (exact) mass is 560 g/mol. The lowest BCUT2D eigenvalue weighted by Gasteiger charge is -2.20. The quantitative estimate of drug-likeness (QED) is 0.146. The third-order valence-corrected chi connectivity index (χ3v) is 7.00. The van der Waals surface area contributed by atoms with E-state index in [1.54, 1.807) is 12.1 Å². The molecule has 1 heterocycles. The van der Waals surface area contributed by atoms with Crippen molar-refractivity contribution in [1.29, 1.82) is 0 Å². The Hall–Kier alpha value is -3.82. The number of hydrogen-bond acceptors (Lipinski definition) is 5.